The van der Waals surface area contributed by atoms with Crippen LogP contribution in [0.3, 0.4) is 0 Å². The van der Waals surface area contributed by atoms with Crippen LogP contribution in [-0.2, 0) is 11.2 Å². The van der Waals surface area contributed by atoms with Crippen LogP contribution >= 0.6 is 0 Å². The third-order valence-corrected chi connectivity index (χ3v) is 5.76. The highest BCUT2D eigenvalue weighted by Gasteiger charge is 2.28. The van der Waals surface area contributed by atoms with Gasteiger partial charge in [0.25, 0.3) is 0 Å². The first-order valence-electron chi connectivity index (χ1n) is 9.19. The maximum Gasteiger partial charge on any atom is 0.223 e. The molecule has 4 nitrogen and oxygen atoms in total. The first-order valence-corrected chi connectivity index (χ1v) is 9.19. The van der Waals surface area contributed by atoms with Gasteiger partial charge in [-0.15, -0.1) is 0 Å². The lowest BCUT2D eigenvalue weighted by atomic mass is 9.80. The van der Waals surface area contributed by atoms with E-state index >= 15 is 0 Å². The molecule has 0 saturated carbocycles. The number of fused-ring (bicyclic) bond motifs is 1. The van der Waals surface area contributed by atoms with E-state index in [1.54, 1.807) is 7.11 Å². The molecular weight excluding hydrogens is 300 g/mol. The van der Waals surface area contributed by atoms with Gasteiger partial charge in [0, 0.05) is 25.6 Å². The lowest BCUT2D eigenvalue weighted by Crippen LogP contribution is -2.44. The molecule has 4 heteroatoms. The number of methoxy groups -OCH3 is 1. The van der Waals surface area contributed by atoms with Crippen molar-refractivity contribution in [2.45, 2.75) is 50.5 Å². The molecule has 0 N–H and O–H groups in total. The van der Waals surface area contributed by atoms with Gasteiger partial charge in [-0.25, -0.2) is 0 Å². The number of aryl methyl sites for hydroxylation is 1. The fourth-order valence-corrected chi connectivity index (χ4v) is 4.20. The number of nitrogens with zero attached hydrogens (tertiary/aromatic N) is 2. The second-order valence-corrected chi connectivity index (χ2v) is 7.43. The Hall–Kier alpha value is -1.55. The number of amides is 1. The zero-order chi connectivity index (χ0) is 17.1. The summed E-state index contributed by atoms with van der Waals surface area (Å²) in [5.41, 5.74) is 2.73. The van der Waals surface area contributed by atoms with E-state index in [1.807, 2.05) is 6.07 Å². The molecule has 1 saturated heterocycles. The molecule has 1 aromatic carbocycles. The molecule has 0 spiro atoms. The molecule has 1 aromatic rings. The maximum absolute atomic E-state index is 12.8. The average Bonchev–Trinajstić information content (AvgIpc) is 2.61. The van der Waals surface area contributed by atoms with Crippen LogP contribution in [0.4, 0.5) is 0 Å². The van der Waals surface area contributed by atoms with Gasteiger partial charge in [0.1, 0.15) is 5.75 Å². The monoisotopic (exact) mass is 330 g/mol. The Kier molecular flexibility index (Phi) is 5.44. The molecule has 1 aliphatic carbocycles. The van der Waals surface area contributed by atoms with Crippen molar-refractivity contribution in [3.05, 3.63) is 29.3 Å². The summed E-state index contributed by atoms with van der Waals surface area (Å²) >= 11 is 0. The minimum Gasteiger partial charge on any atom is -0.497 e. The van der Waals surface area contributed by atoms with Crippen LogP contribution in [0.25, 0.3) is 0 Å². The number of rotatable bonds is 4. The largest absolute Gasteiger partial charge is 0.497 e. The Morgan fingerprint density at radius 2 is 2.00 bits per heavy atom. The third-order valence-electron chi connectivity index (χ3n) is 5.76. The van der Waals surface area contributed by atoms with Crippen LogP contribution in [0.5, 0.6) is 5.75 Å². The van der Waals surface area contributed by atoms with Crippen LogP contribution in [0.1, 0.15) is 49.1 Å². The van der Waals surface area contributed by atoms with Crippen molar-refractivity contribution in [1.29, 1.82) is 0 Å². The predicted octanol–water partition coefficient (Wildman–Crippen LogP) is 3.06. The summed E-state index contributed by atoms with van der Waals surface area (Å²) in [5, 5.41) is 0. The molecule has 1 fully saturated rings. The molecule has 0 unspecified atom stereocenters. The summed E-state index contributed by atoms with van der Waals surface area (Å²) in [6.45, 7) is 1.81. The molecule has 2 aliphatic rings. The second kappa shape index (κ2) is 7.56. The number of piperidine rings is 1. The van der Waals surface area contributed by atoms with Crippen LogP contribution in [0, 0.1) is 0 Å². The number of benzene rings is 1. The smallest absolute Gasteiger partial charge is 0.223 e. The van der Waals surface area contributed by atoms with Crippen molar-refractivity contribution in [3.8, 4) is 5.75 Å². The maximum atomic E-state index is 12.8. The fourth-order valence-electron chi connectivity index (χ4n) is 4.20. The quantitative estimate of drug-likeness (QED) is 0.850. The molecule has 1 heterocycles. The van der Waals surface area contributed by atoms with E-state index in [9.17, 15) is 4.79 Å². The normalized spacial score (nSPS) is 21.7. The van der Waals surface area contributed by atoms with Crippen molar-refractivity contribution in [1.82, 2.24) is 9.80 Å². The fraction of sp³-hybridized carbons (Fsp3) is 0.650. The molecule has 0 bridgehead atoms. The Morgan fingerprint density at radius 1 is 1.25 bits per heavy atom. The topological polar surface area (TPSA) is 32.8 Å². The van der Waals surface area contributed by atoms with Crippen LogP contribution in [0.2, 0.25) is 0 Å². The number of likely N-dealkylation sites (tertiary alicyclic amines) is 1. The lowest BCUT2D eigenvalue weighted by molar-refractivity contribution is -0.133. The molecule has 0 aromatic heterocycles. The molecule has 24 heavy (non-hydrogen) atoms. The highest BCUT2D eigenvalue weighted by Crippen LogP contribution is 2.36. The minimum atomic E-state index is 0.334. The van der Waals surface area contributed by atoms with E-state index in [-0.39, 0.29) is 0 Å². The summed E-state index contributed by atoms with van der Waals surface area (Å²) < 4.78 is 5.34. The van der Waals surface area contributed by atoms with Gasteiger partial charge >= 0.3 is 0 Å². The van der Waals surface area contributed by atoms with Crippen LogP contribution < -0.4 is 4.74 Å². The number of hydrogen-bond acceptors (Lipinski definition) is 3. The summed E-state index contributed by atoms with van der Waals surface area (Å²) in [4.78, 5) is 17.1. The van der Waals surface area contributed by atoms with Crippen molar-refractivity contribution >= 4 is 5.91 Å². The van der Waals surface area contributed by atoms with Gasteiger partial charge in [0.05, 0.1) is 7.11 Å². The molecule has 0 radical (unpaired) electrons. The molecule has 1 amide bonds. The van der Waals surface area contributed by atoms with E-state index in [0.29, 0.717) is 24.3 Å². The van der Waals surface area contributed by atoms with Gasteiger partial charge < -0.3 is 14.5 Å². The standard InChI is InChI=1S/C20H30N2O2/c1-21(2)17-9-11-22(12-10-17)20(23)14-16-6-4-5-15-13-18(24-3)7-8-19(15)16/h7-8,13,16-17H,4-6,9-12,14H2,1-3H3/t16-/m1/s1. The van der Waals surface area contributed by atoms with Crippen LogP contribution in [-0.4, -0.2) is 56.0 Å². The lowest BCUT2D eigenvalue weighted by Gasteiger charge is -2.36. The summed E-state index contributed by atoms with van der Waals surface area (Å²) in [6, 6.07) is 6.97. The van der Waals surface area contributed by atoms with Gasteiger partial charge in [-0.3, -0.25) is 4.79 Å². The number of hydrogen-bond donors (Lipinski definition) is 0. The average molecular weight is 330 g/mol. The van der Waals surface area contributed by atoms with Crippen molar-refractivity contribution in [2.24, 2.45) is 0 Å². The highest BCUT2D eigenvalue weighted by molar-refractivity contribution is 5.77. The van der Waals surface area contributed by atoms with Gasteiger partial charge in [-0.2, -0.15) is 0 Å². The van der Waals surface area contributed by atoms with Crippen LogP contribution in [0.15, 0.2) is 18.2 Å². The van der Waals surface area contributed by atoms with E-state index in [1.165, 1.54) is 17.5 Å². The summed E-state index contributed by atoms with van der Waals surface area (Å²) in [5.74, 6) is 1.63. The zero-order valence-corrected chi connectivity index (χ0v) is 15.3. The second-order valence-electron chi connectivity index (χ2n) is 7.43. The van der Waals surface area contributed by atoms with Crippen molar-refractivity contribution in [2.75, 3.05) is 34.3 Å². The number of ether oxygens (including phenoxy) is 1. The van der Waals surface area contributed by atoms with Crippen molar-refractivity contribution in [3.63, 3.8) is 0 Å². The number of carbonyl (C=O) groups is 1. The van der Waals surface area contributed by atoms with Gasteiger partial charge in [0.2, 0.25) is 5.91 Å². The van der Waals surface area contributed by atoms with E-state index in [2.05, 4.69) is 36.0 Å². The van der Waals surface area contributed by atoms with Gasteiger partial charge in [0.15, 0.2) is 0 Å². The van der Waals surface area contributed by atoms with E-state index in [4.69, 9.17) is 4.74 Å². The molecule has 1 aliphatic heterocycles. The zero-order valence-electron chi connectivity index (χ0n) is 15.3. The first kappa shape index (κ1) is 17.3. The van der Waals surface area contributed by atoms with Gasteiger partial charge in [-0.05, 0) is 75.4 Å². The predicted molar refractivity (Wildman–Crippen MR) is 96.6 cm³/mol. The SMILES string of the molecule is COc1ccc2c(c1)CCC[C@@H]2CC(=O)N1CCC(N(C)C)CC1. The highest BCUT2D eigenvalue weighted by atomic mass is 16.5. The minimum absolute atomic E-state index is 0.334. The molecule has 3 rings (SSSR count). The van der Waals surface area contributed by atoms with Gasteiger partial charge in [-0.1, -0.05) is 6.07 Å². The Morgan fingerprint density at radius 3 is 2.67 bits per heavy atom. The Balaban J connectivity index is 1.62. The van der Waals surface area contributed by atoms with E-state index in [0.717, 1.165) is 44.5 Å². The molecular formula is C20H30N2O2. The summed E-state index contributed by atoms with van der Waals surface area (Å²) in [7, 11) is 5.98. The Bertz CT molecular complexity index is 577. The summed E-state index contributed by atoms with van der Waals surface area (Å²) in [6.07, 6.45) is 6.24. The molecule has 1 atom stereocenters. The van der Waals surface area contributed by atoms with E-state index < -0.39 is 0 Å². The Labute approximate surface area is 145 Å². The first-order chi connectivity index (χ1) is 11.6. The molecule has 132 valence electrons. The van der Waals surface area contributed by atoms with Crippen molar-refractivity contribution < 1.29 is 9.53 Å². The number of carbonyl (C=O) groups excluding carboxylic acids is 1. The third kappa shape index (κ3) is 3.75.